The van der Waals surface area contributed by atoms with E-state index in [0.717, 1.165) is 23.1 Å². The molecule has 0 bridgehead atoms. The summed E-state index contributed by atoms with van der Waals surface area (Å²) in [7, 11) is 4.72. The minimum Gasteiger partial charge on any atom is -0.493 e. The van der Waals surface area contributed by atoms with E-state index in [4.69, 9.17) is 23.7 Å². The zero-order valence-electron chi connectivity index (χ0n) is 20.3. The van der Waals surface area contributed by atoms with E-state index in [1.165, 1.54) is 6.92 Å². The average Bonchev–Trinajstić information content (AvgIpc) is 3.25. The molecule has 1 aliphatic heterocycles. The molecule has 0 spiro atoms. The van der Waals surface area contributed by atoms with Crippen LogP contribution in [0.5, 0.6) is 23.0 Å². The molecule has 2 aromatic carbocycles. The highest BCUT2D eigenvalue weighted by molar-refractivity contribution is 5.84. The number of rotatable bonds is 6. The summed E-state index contributed by atoms with van der Waals surface area (Å²) in [6.45, 7) is 4.41. The van der Waals surface area contributed by atoms with Gasteiger partial charge in [0.25, 0.3) is 0 Å². The van der Waals surface area contributed by atoms with Crippen LogP contribution in [0.4, 0.5) is 0 Å². The molecule has 1 N–H and O–H groups in total. The second kappa shape index (κ2) is 9.93. The second-order valence-electron chi connectivity index (χ2n) is 8.61. The van der Waals surface area contributed by atoms with E-state index in [2.05, 4.69) is 5.32 Å². The molecule has 2 aliphatic rings. The van der Waals surface area contributed by atoms with Crippen molar-refractivity contribution in [2.24, 2.45) is 0 Å². The fraction of sp³-hybridized carbons (Fsp3) is 0.462. The van der Waals surface area contributed by atoms with E-state index >= 15 is 0 Å². The Morgan fingerprint density at radius 2 is 1.79 bits per heavy atom. The molecule has 8 heteroatoms. The summed E-state index contributed by atoms with van der Waals surface area (Å²) in [6.07, 6.45) is 1.82. The number of amides is 1. The van der Waals surface area contributed by atoms with Gasteiger partial charge in [0, 0.05) is 18.9 Å². The molecular weight excluding hydrogens is 438 g/mol. The molecule has 1 fully saturated rings. The molecule has 8 nitrogen and oxygen atoms in total. The molecule has 34 heavy (non-hydrogen) atoms. The number of carbonyl (C=O) groups is 1. The van der Waals surface area contributed by atoms with E-state index in [9.17, 15) is 9.59 Å². The lowest BCUT2D eigenvalue weighted by Crippen LogP contribution is -2.26. The van der Waals surface area contributed by atoms with E-state index in [1.54, 1.807) is 27.4 Å². The molecule has 0 saturated carbocycles. The SMILES string of the molecule is COc1cc2c(c(OC)c1OC)-c1cc(C)c(O[C@H]3CCOC3)c(=O)cc1[C@@H](NC(C)=O)CC2. The van der Waals surface area contributed by atoms with Gasteiger partial charge in [0.1, 0.15) is 6.10 Å². The Bertz CT molecular complexity index is 1150. The van der Waals surface area contributed by atoms with Crippen LogP contribution in [0.2, 0.25) is 0 Å². The molecule has 2 atom stereocenters. The number of fused-ring (bicyclic) bond motifs is 3. The second-order valence-corrected chi connectivity index (χ2v) is 8.61. The topological polar surface area (TPSA) is 92.3 Å². The summed E-state index contributed by atoms with van der Waals surface area (Å²) < 4.78 is 28.5. The third-order valence-electron chi connectivity index (χ3n) is 6.35. The molecule has 0 aromatic heterocycles. The molecule has 1 aliphatic carbocycles. The van der Waals surface area contributed by atoms with Gasteiger partial charge in [-0.05, 0) is 60.2 Å². The predicted octanol–water partition coefficient (Wildman–Crippen LogP) is 3.34. The zero-order chi connectivity index (χ0) is 24.4. The quantitative estimate of drug-likeness (QED) is 0.694. The van der Waals surface area contributed by atoms with E-state index < -0.39 is 0 Å². The van der Waals surface area contributed by atoms with Crippen LogP contribution < -0.4 is 29.7 Å². The largest absolute Gasteiger partial charge is 0.493 e. The first-order valence-corrected chi connectivity index (χ1v) is 11.4. The first-order chi connectivity index (χ1) is 16.4. The molecular formula is C26H31NO7. The van der Waals surface area contributed by atoms with E-state index in [1.807, 2.05) is 19.1 Å². The monoisotopic (exact) mass is 469 g/mol. The molecule has 2 aromatic rings. The van der Waals surface area contributed by atoms with Crippen molar-refractivity contribution in [3.63, 3.8) is 0 Å². The highest BCUT2D eigenvalue weighted by Gasteiger charge is 2.30. The summed E-state index contributed by atoms with van der Waals surface area (Å²) in [6, 6.07) is 5.10. The van der Waals surface area contributed by atoms with Crippen LogP contribution in [0.1, 0.15) is 42.5 Å². The molecule has 182 valence electrons. The predicted molar refractivity (Wildman–Crippen MR) is 127 cm³/mol. The van der Waals surface area contributed by atoms with Gasteiger partial charge in [-0.25, -0.2) is 0 Å². The van der Waals surface area contributed by atoms with Crippen LogP contribution in [0.15, 0.2) is 23.0 Å². The maximum Gasteiger partial charge on any atom is 0.221 e. The van der Waals surface area contributed by atoms with Gasteiger partial charge in [-0.2, -0.15) is 0 Å². The zero-order valence-corrected chi connectivity index (χ0v) is 20.3. The lowest BCUT2D eigenvalue weighted by atomic mass is 9.95. The number of benzene rings is 1. The van der Waals surface area contributed by atoms with Crippen molar-refractivity contribution in [1.82, 2.24) is 5.32 Å². The number of ether oxygens (including phenoxy) is 5. The van der Waals surface area contributed by atoms with Gasteiger partial charge >= 0.3 is 0 Å². The Labute approximate surface area is 199 Å². The van der Waals surface area contributed by atoms with Crippen LogP contribution in [-0.2, 0) is 16.0 Å². The van der Waals surface area contributed by atoms with Gasteiger partial charge < -0.3 is 29.0 Å². The fourth-order valence-electron chi connectivity index (χ4n) is 4.82. The van der Waals surface area contributed by atoms with Crippen LogP contribution in [-0.4, -0.2) is 46.6 Å². The number of nitrogens with one attached hydrogen (secondary N) is 1. The van der Waals surface area contributed by atoms with Crippen LogP contribution in [0.25, 0.3) is 11.1 Å². The van der Waals surface area contributed by atoms with Gasteiger partial charge in [0.05, 0.1) is 40.6 Å². The van der Waals surface area contributed by atoms with Crippen LogP contribution >= 0.6 is 0 Å². The molecule has 0 radical (unpaired) electrons. The molecule has 0 unspecified atom stereocenters. The highest BCUT2D eigenvalue weighted by Crippen LogP contribution is 2.50. The summed E-state index contributed by atoms with van der Waals surface area (Å²) in [5, 5.41) is 3.02. The maximum absolute atomic E-state index is 13.4. The Hall–Kier alpha value is -3.26. The molecule has 4 rings (SSSR count). The smallest absolute Gasteiger partial charge is 0.221 e. The molecule has 1 amide bonds. The minimum atomic E-state index is -0.358. The summed E-state index contributed by atoms with van der Waals surface area (Å²) in [4.78, 5) is 25.4. The number of aryl methyl sites for hydroxylation is 2. The van der Waals surface area contributed by atoms with Crippen molar-refractivity contribution in [3.8, 4) is 34.1 Å². The van der Waals surface area contributed by atoms with Crippen LogP contribution in [0.3, 0.4) is 0 Å². The van der Waals surface area contributed by atoms with Gasteiger partial charge in [0.15, 0.2) is 17.2 Å². The van der Waals surface area contributed by atoms with Gasteiger partial charge in [0.2, 0.25) is 17.1 Å². The standard InChI is InChI=1S/C26H31NO7/c1-14-10-19-18(12-21(29)24(14)34-17-8-9-33-13-17)20(27-15(2)28)7-6-16-11-22(30-3)25(31-4)26(32-5)23(16)19/h10-12,17,20H,6-9,13H2,1-5H3,(H,27,28)/t17-,20-/m0/s1. The van der Waals surface area contributed by atoms with E-state index in [-0.39, 0.29) is 23.5 Å². The third kappa shape index (κ3) is 4.42. The Balaban J connectivity index is 2.01. The average molecular weight is 470 g/mol. The molecule has 1 saturated heterocycles. The highest BCUT2D eigenvalue weighted by atomic mass is 16.5. The maximum atomic E-state index is 13.4. The number of carbonyl (C=O) groups excluding carboxylic acids is 1. The first-order valence-electron chi connectivity index (χ1n) is 11.4. The van der Waals surface area contributed by atoms with Crippen molar-refractivity contribution in [2.75, 3.05) is 34.5 Å². The van der Waals surface area contributed by atoms with Gasteiger partial charge in [-0.15, -0.1) is 0 Å². The lowest BCUT2D eigenvalue weighted by molar-refractivity contribution is -0.119. The Morgan fingerprint density at radius 1 is 1.03 bits per heavy atom. The van der Waals surface area contributed by atoms with Crippen LogP contribution in [0, 0.1) is 6.92 Å². The van der Waals surface area contributed by atoms with Crippen molar-refractivity contribution in [1.29, 1.82) is 0 Å². The van der Waals surface area contributed by atoms with E-state index in [0.29, 0.717) is 60.2 Å². The number of methoxy groups -OCH3 is 3. The molecule has 1 heterocycles. The lowest BCUT2D eigenvalue weighted by Gasteiger charge is -2.20. The number of hydrogen-bond acceptors (Lipinski definition) is 7. The van der Waals surface area contributed by atoms with Gasteiger partial charge in [-0.3, -0.25) is 9.59 Å². The summed E-state index contributed by atoms with van der Waals surface area (Å²) >= 11 is 0. The minimum absolute atomic E-state index is 0.161. The Morgan fingerprint density at radius 3 is 2.41 bits per heavy atom. The van der Waals surface area contributed by atoms with Crippen molar-refractivity contribution in [2.45, 2.75) is 45.3 Å². The summed E-state index contributed by atoms with van der Waals surface area (Å²) in [5.41, 5.74) is 3.76. The Kier molecular flexibility index (Phi) is 6.97. The number of hydrogen-bond donors (Lipinski definition) is 1. The third-order valence-corrected chi connectivity index (χ3v) is 6.35. The summed E-state index contributed by atoms with van der Waals surface area (Å²) in [5.74, 6) is 1.68. The van der Waals surface area contributed by atoms with Crippen molar-refractivity contribution in [3.05, 3.63) is 45.1 Å². The normalized spacial score (nSPS) is 18.9. The first kappa shape index (κ1) is 23.9. The fourth-order valence-corrected chi connectivity index (χ4v) is 4.82. The van der Waals surface area contributed by atoms with Gasteiger partial charge in [-0.1, -0.05) is 0 Å². The van der Waals surface area contributed by atoms with Crippen molar-refractivity contribution >= 4 is 5.91 Å². The van der Waals surface area contributed by atoms with Crippen molar-refractivity contribution < 1.29 is 28.5 Å².